The lowest BCUT2D eigenvalue weighted by atomic mass is 9.90. The van der Waals surface area contributed by atoms with Crippen LogP contribution in [0.5, 0.6) is 5.75 Å². The van der Waals surface area contributed by atoms with E-state index < -0.39 is 0 Å². The van der Waals surface area contributed by atoms with E-state index in [1.165, 1.54) is 6.21 Å². The highest BCUT2D eigenvalue weighted by molar-refractivity contribution is 8.03. The molecule has 0 aliphatic carbocycles. The number of hydrogen-bond donors (Lipinski definition) is 3. The third-order valence-electron chi connectivity index (χ3n) is 6.85. The van der Waals surface area contributed by atoms with Crippen LogP contribution >= 0.6 is 35.1 Å². The van der Waals surface area contributed by atoms with Gasteiger partial charge in [0.1, 0.15) is 35.5 Å². The molecule has 2 atom stereocenters. The largest absolute Gasteiger partial charge is 0.492 e. The van der Waals surface area contributed by atoms with Crippen LogP contribution in [0.2, 0.25) is 5.02 Å². The molecule has 40 heavy (non-hydrogen) atoms. The molecule has 2 aromatic carbocycles. The van der Waals surface area contributed by atoms with E-state index in [-0.39, 0.29) is 23.9 Å². The Morgan fingerprint density at radius 2 is 1.93 bits per heavy atom. The van der Waals surface area contributed by atoms with Crippen LogP contribution in [0.1, 0.15) is 29.3 Å². The maximum atomic E-state index is 10.4. The number of halogens is 1. The van der Waals surface area contributed by atoms with E-state index >= 15 is 0 Å². The standard InChI is InChI=1S/C29H29ClN6O2S2/c30-21-7-3-20(4-8-21)28-34-22(17-39-28)18-40-29-25(16-32)26(19-5-9-23(10-6-19)38-14-11-33-37)24(15-31)27(35-29)36-12-1-2-13-36/h3-10,15,17,28-29,31,34-35H,1-2,11-14,18H2. The molecule has 2 unspecified atom stereocenters. The van der Waals surface area contributed by atoms with E-state index in [0.29, 0.717) is 27.7 Å². The lowest BCUT2D eigenvalue weighted by Gasteiger charge is -2.35. The van der Waals surface area contributed by atoms with Gasteiger partial charge in [0.2, 0.25) is 0 Å². The van der Waals surface area contributed by atoms with E-state index in [1.54, 1.807) is 23.5 Å². The number of nitrogens with one attached hydrogen (secondary N) is 3. The van der Waals surface area contributed by atoms with Crippen molar-refractivity contribution in [2.45, 2.75) is 23.6 Å². The molecule has 2 aromatic rings. The van der Waals surface area contributed by atoms with Crippen molar-refractivity contribution in [3.8, 4) is 11.8 Å². The van der Waals surface area contributed by atoms with Crippen molar-refractivity contribution in [3.05, 3.63) is 97.7 Å². The first-order valence-electron chi connectivity index (χ1n) is 13.0. The van der Waals surface area contributed by atoms with Crippen molar-refractivity contribution in [1.29, 1.82) is 10.7 Å². The summed E-state index contributed by atoms with van der Waals surface area (Å²) in [4.78, 5) is 12.7. The van der Waals surface area contributed by atoms with Crippen molar-refractivity contribution in [2.75, 3.05) is 32.0 Å². The first kappa shape index (κ1) is 28.1. The number of dihydropyridines is 1. The Balaban J connectivity index is 1.39. The minimum absolute atomic E-state index is 0.0835. The van der Waals surface area contributed by atoms with Crippen LogP contribution in [0.25, 0.3) is 5.57 Å². The highest BCUT2D eigenvalue weighted by Gasteiger charge is 2.33. The van der Waals surface area contributed by atoms with Crippen LogP contribution in [-0.4, -0.2) is 48.5 Å². The van der Waals surface area contributed by atoms with Gasteiger partial charge in [-0.1, -0.05) is 41.0 Å². The van der Waals surface area contributed by atoms with Crippen LogP contribution in [-0.2, 0) is 0 Å². The van der Waals surface area contributed by atoms with Gasteiger partial charge in [-0.05, 0) is 53.6 Å². The highest BCUT2D eigenvalue weighted by atomic mass is 35.5. The first-order valence-corrected chi connectivity index (χ1v) is 15.4. The number of hydrogen-bond acceptors (Lipinski definition) is 10. The number of rotatable bonds is 11. The summed E-state index contributed by atoms with van der Waals surface area (Å²) in [6, 6.07) is 17.8. The Labute approximate surface area is 247 Å². The Morgan fingerprint density at radius 3 is 2.60 bits per heavy atom. The van der Waals surface area contributed by atoms with E-state index in [1.807, 2.05) is 48.5 Å². The number of nitroso groups, excluding NO2 is 1. The van der Waals surface area contributed by atoms with E-state index in [2.05, 4.69) is 32.2 Å². The van der Waals surface area contributed by atoms with Crippen LogP contribution < -0.4 is 15.4 Å². The Kier molecular flexibility index (Phi) is 9.37. The lowest BCUT2D eigenvalue weighted by molar-refractivity contribution is 0.328. The van der Waals surface area contributed by atoms with Gasteiger partial charge in [0.25, 0.3) is 0 Å². The van der Waals surface area contributed by atoms with Gasteiger partial charge in [0.05, 0.1) is 11.6 Å². The summed E-state index contributed by atoms with van der Waals surface area (Å²) in [5.41, 5.74) is 5.17. The normalized spacial score (nSPS) is 20.5. The highest BCUT2D eigenvalue weighted by Crippen LogP contribution is 2.40. The lowest BCUT2D eigenvalue weighted by Crippen LogP contribution is -2.41. The molecule has 0 saturated carbocycles. The van der Waals surface area contributed by atoms with E-state index in [9.17, 15) is 10.2 Å². The van der Waals surface area contributed by atoms with Crippen LogP contribution in [0, 0.1) is 21.6 Å². The SMILES string of the molecule is N#CC1=C(c2ccc(OCCN=O)cc2)C(C=N)=C(N2CCCC2)NC1SCC1=CSC(c2ccc(Cl)cc2)N1. The topological polar surface area (TPSA) is 114 Å². The molecular weight excluding hydrogens is 564 g/mol. The van der Waals surface area contributed by atoms with Gasteiger partial charge in [-0.2, -0.15) is 10.2 Å². The second-order valence-corrected chi connectivity index (χ2v) is 11.9. The van der Waals surface area contributed by atoms with Crippen molar-refractivity contribution in [3.63, 3.8) is 0 Å². The monoisotopic (exact) mass is 592 g/mol. The van der Waals surface area contributed by atoms with Crippen molar-refractivity contribution in [2.24, 2.45) is 5.18 Å². The predicted molar refractivity (Wildman–Crippen MR) is 164 cm³/mol. The molecule has 206 valence electrons. The Bertz CT molecular complexity index is 1380. The number of nitriles is 1. The fourth-order valence-corrected chi connectivity index (χ4v) is 7.18. The van der Waals surface area contributed by atoms with Gasteiger partial charge in [0.15, 0.2) is 0 Å². The molecule has 0 spiro atoms. The molecule has 3 aliphatic heterocycles. The molecule has 0 radical (unpaired) electrons. The maximum absolute atomic E-state index is 10.4. The van der Waals surface area contributed by atoms with Gasteiger partial charge in [-0.15, -0.1) is 23.5 Å². The molecule has 1 fully saturated rings. The van der Waals surface area contributed by atoms with E-state index in [4.69, 9.17) is 21.7 Å². The van der Waals surface area contributed by atoms with Gasteiger partial charge in [-0.25, -0.2) is 0 Å². The maximum Gasteiger partial charge on any atom is 0.119 e. The summed E-state index contributed by atoms with van der Waals surface area (Å²) < 4.78 is 5.58. The second kappa shape index (κ2) is 13.3. The number of likely N-dealkylation sites (tertiary alicyclic amines) is 1. The van der Waals surface area contributed by atoms with Crippen LogP contribution in [0.3, 0.4) is 0 Å². The zero-order valence-corrected chi connectivity index (χ0v) is 24.1. The van der Waals surface area contributed by atoms with Gasteiger partial charge in [-0.3, -0.25) is 0 Å². The van der Waals surface area contributed by atoms with Crippen molar-refractivity contribution in [1.82, 2.24) is 15.5 Å². The van der Waals surface area contributed by atoms with Gasteiger partial charge >= 0.3 is 0 Å². The summed E-state index contributed by atoms with van der Waals surface area (Å²) >= 11 is 9.44. The minimum Gasteiger partial charge on any atom is -0.492 e. The fourth-order valence-electron chi connectivity index (χ4n) is 4.92. The average Bonchev–Trinajstić information content (AvgIpc) is 3.69. The Morgan fingerprint density at radius 1 is 1.18 bits per heavy atom. The number of nitrogens with zero attached hydrogens (tertiary/aromatic N) is 3. The van der Waals surface area contributed by atoms with Crippen LogP contribution in [0.4, 0.5) is 0 Å². The number of ether oxygens (including phenoxy) is 1. The summed E-state index contributed by atoms with van der Waals surface area (Å²) in [6.45, 7) is 2.12. The number of thioether (sulfide) groups is 2. The zero-order valence-electron chi connectivity index (χ0n) is 21.7. The molecule has 0 aromatic heterocycles. The smallest absolute Gasteiger partial charge is 0.119 e. The molecule has 0 bridgehead atoms. The van der Waals surface area contributed by atoms with Crippen molar-refractivity contribution >= 4 is 46.9 Å². The number of benzene rings is 2. The minimum atomic E-state index is -0.281. The molecule has 5 rings (SSSR count). The van der Waals surface area contributed by atoms with Crippen LogP contribution in [0.15, 0.2) is 81.8 Å². The molecular formula is C29H29ClN6O2S2. The summed E-state index contributed by atoms with van der Waals surface area (Å²) in [6.07, 6.45) is 3.54. The predicted octanol–water partition coefficient (Wildman–Crippen LogP) is 6.26. The molecule has 8 nitrogen and oxygen atoms in total. The van der Waals surface area contributed by atoms with E-state index in [0.717, 1.165) is 54.1 Å². The summed E-state index contributed by atoms with van der Waals surface area (Å²) in [5.74, 6) is 2.22. The molecule has 3 aliphatic rings. The first-order chi connectivity index (χ1) is 19.6. The number of allylic oxidation sites excluding steroid dienone is 2. The molecule has 0 amide bonds. The summed E-state index contributed by atoms with van der Waals surface area (Å²) in [7, 11) is 0. The third-order valence-corrected chi connectivity index (χ3v) is 9.35. The molecule has 3 N–H and O–H groups in total. The van der Waals surface area contributed by atoms with Crippen molar-refractivity contribution < 1.29 is 4.74 Å². The molecule has 11 heteroatoms. The fraction of sp³-hybridized carbons (Fsp3) is 0.310. The van der Waals surface area contributed by atoms with Gasteiger partial charge in [0, 0.05) is 46.9 Å². The molecule has 3 heterocycles. The average molecular weight is 593 g/mol. The van der Waals surface area contributed by atoms with Gasteiger partial charge < -0.3 is 25.7 Å². The zero-order chi connectivity index (χ0) is 27.9. The summed E-state index contributed by atoms with van der Waals surface area (Å²) in [5, 5.41) is 31.4. The second-order valence-electron chi connectivity index (χ2n) is 9.42. The third kappa shape index (κ3) is 6.33. The quantitative estimate of drug-likeness (QED) is 0.159. The Hall–Kier alpha value is -3.39. The molecule has 1 saturated heterocycles.